The van der Waals surface area contributed by atoms with Crippen LogP contribution >= 0.6 is 23.4 Å². The van der Waals surface area contributed by atoms with Crippen molar-refractivity contribution in [1.29, 1.82) is 0 Å². The van der Waals surface area contributed by atoms with Crippen molar-refractivity contribution in [3.63, 3.8) is 0 Å². The van der Waals surface area contributed by atoms with Gasteiger partial charge in [-0.05, 0) is 67.1 Å². The molecule has 178 valence electrons. The second-order valence-electron chi connectivity index (χ2n) is 7.73. The minimum absolute atomic E-state index is 0.175. The number of hydrogen-bond donors (Lipinski definition) is 1. The molecule has 0 saturated heterocycles. The molecule has 1 aliphatic heterocycles. The molecule has 1 heterocycles. The predicted octanol–water partition coefficient (Wildman–Crippen LogP) is 6.29. The first kappa shape index (κ1) is 24.6. The van der Waals surface area contributed by atoms with Crippen LogP contribution in [0.25, 0.3) is 0 Å². The third kappa shape index (κ3) is 5.75. The number of benzene rings is 3. The van der Waals surface area contributed by atoms with Crippen molar-refractivity contribution in [2.24, 2.45) is 0 Å². The number of halogens is 1. The minimum Gasteiger partial charge on any atom is -0.462 e. The first-order valence-electron chi connectivity index (χ1n) is 11.1. The van der Waals surface area contributed by atoms with E-state index in [0.717, 1.165) is 22.6 Å². The summed E-state index contributed by atoms with van der Waals surface area (Å²) >= 11 is 7.20. The van der Waals surface area contributed by atoms with Gasteiger partial charge in [0.15, 0.2) is 0 Å². The molecule has 6 nitrogen and oxygen atoms in total. The van der Waals surface area contributed by atoms with Crippen LogP contribution in [-0.2, 0) is 14.3 Å². The summed E-state index contributed by atoms with van der Waals surface area (Å²) in [4.78, 5) is 41.3. The topological polar surface area (TPSA) is 75.7 Å². The second kappa shape index (κ2) is 11.3. The van der Waals surface area contributed by atoms with E-state index in [2.05, 4.69) is 5.32 Å². The van der Waals surface area contributed by atoms with Crippen LogP contribution in [0.15, 0.2) is 94.4 Å². The van der Waals surface area contributed by atoms with E-state index < -0.39 is 17.8 Å². The maximum absolute atomic E-state index is 13.4. The zero-order valence-electron chi connectivity index (χ0n) is 19.0. The zero-order valence-corrected chi connectivity index (χ0v) is 20.6. The fourth-order valence-electron chi connectivity index (χ4n) is 3.37. The molecule has 0 bridgehead atoms. The Balaban J connectivity index is 1.61. The fraction of sp³-hybridized carbons (Fsp3) is 0.148. The Labute approximate surface area is 212 Å². The van der Waals surface area contributed by atoms with Crippen molar-refractivity contribution in [3.8, 4) is 0 Å². The molecular formula is C27H23ClN2O4S. The number of carbonyl (C=O) groups excluding carboxylic acids is 3. The maximum atomic E-state index is 13.4. The van der Waals surface area contributed by atoms with Gasteiger partial charge in [0.05, 0.1) is 17.9 Å². The van der Waals surface area contributed by atoms with Crippen molar-refractivity contribution in [3.05, 3.63) is 100 Å². The van der Waals surface area contributed by atoms with Crippen LogP contribution in [-0.4, -0.2) is 24.4 Å². The van der Waals surface area contributed by atoms with Crippen LogP contribution in [0.4, 0.5) is 11.4 Å². The van der Waals surface area contributed by atoms with Gasteiger partial charge in [-0.3, -0.25) is 9.59 Å². The van der Waals surface area contributed by atoms with Gasteiger partial charge in [0.25, 0.3) is 11.8 Å². The number of anilines is 2. The monoisotopic (exact) mass is 506 g/mol. The highest BCUT2D eigenvalue weighted by Gasteiger charge is 2.40. The molecule has 3 aromatic carbocycles. The van der Waals surface area contributed by atoms with E-state index in [1.54, 1.807) is 48.5 Å². The Kier molecular flexibility index (Phi) is 7.90. The number of carbonyl (C=O) groups is 3. The normalized spacial score (nSPS) is 13.4. The number of nitrogens with one attached hydrogen (secondary N) is 1. The highest BCUT2D eigenvalue weighted by molar-refractivity contribution is 8.04. The number of nitrogens with zero attached hydrogens (tertiary/aromatic N) is 1. The Morgan fingerprint density at radius 1 is 0.943 bits per heavy atom. The predicted molar refractivity (Wildman–Crippen MR) is 139 cm³/mol. The Morgan fingerprint density at radius 2 is 1.63 bits per heavy atom. The van der Waals surface area contributed by atoms with E-state index in [0.29, 0.717) is 28.6 Å². The summed E-state index contributed by atoms with van der Waals surface area (Å²) in [6.07, 6.45) is 1.71. The molecule has 0 saturated carbocycles. The molecule has 0 aliphatic carbocycles. The highest BCUT2D eigenvalue weighted by Crippen LogP contribution is 2.38. The summed E-state index contributed by atoms with van der Waals surface area (Å²) in [5.41, 5.74) is 1.53. The van der Waals surface area contributed by atoms with Gasteiger partial charge < -0.3 is 10.1 Å². The van der Waals surface area contributed by atoms with Gasteiger partial charge in [0, 0.05) is 15.6 Å². The SMILES string of the molecule is CCCCOC(=O)c1ccc(N2C(=O)C(Nc3ccc(Cl)cc3)=C(Sc3ccccc3)C2=O)cc1. The molecule has 0 fully saturated rings. The van der Waals surface area contributed by atoms with Crippen LogP contribution in [0, 0.1) is 0 Å². The molecule has 0 spiro atoms. The summed E-state index contributed by atoms with van der Waals surface area (Å²) < 4.78 is 5.23. The number of unbranched alkanes of at least 4 members (excludes halogenated alkanes) is 1. The average Bonchev–Trinajstić information content (AvgIpc) is 3.10. The molecule has 1 aliphatic rings. The Morgan fingerprint density at radius 3 is 2.29 bits per heavy atom. The summed E-state index contributed by atoms with van der Waals surface area (Å²) in [6, 6.07) is 22.5. The van der Waals surface area contributed by atoms with Gasteiger partial charge >= 0.3 is 5.97 Å². The van der Waals surface area contributed by atoms with Crippen LogP contribution in [0.1, 0.15) is 30.1 Å². The molecule has 1 N–H and O–H groups in total. The highest BCUT2D eigenvalue weighted by atomic mass is 35.5. The van der Waals surface area contributed by atoms with Crippen LogP contribution < -0.4 is 10.2 Å². The van der Waals surface area contributed by atoms with Crippen molar-refractivity contribution in [1.82, 2.24) is 0 Å². The van der Waals surface area contributed by atoms with Crippen LogP contribution in [0.2, 0.25) is 5.02 Å². The van der Waals surface area contributed by atoms with Gasteiger partial charge in [-0.2, -0.15) is 0 Å². The fourth-order valence-corrected chi connectivity index (χ4v) is 4.45. The lowest BCUT2D eigenvalue weighted by molar-refractivity contribution is -0.120. The molecule has 3 aromatic rings. The zero-order chi connectivity index (χ0) is 24.8. The minimum atomic E-state index is -0.485. The number of thioether (sulfide) groups is 1. The van der Waals surface area contributed by atoms with Crippen molar-refractivity contribution < 1.29 is 19.1 Å². The van der Waals surface area contributed by atoms with Crippen LogP contribution in [0.5, 0.6) is 0 Å². The van der Waals surface area contributed by atoms with Crippen molar-refractivity contribution in [2.75, 3.05) is 16.8 Å². The number of rotatable bonds is 9. The van der Waals surface area contributed by atoms with Gasteiger partial charge in [-0.1, -0.05) is 54.9 Å². The molecule has 35 heavy (non-hydrogen) atoms. The lowest BCUT2D eigenvalue weighted by Gasteiger charge is -2.16. The molecule has 2 amide bonds. The van der Waals surface area contributed by atoms with Crippen molar-refractivity contribution >= 4 is 52.5 Å². The van der Waals surface area contributed by atoms with E-state index in [4.69, 9.17) is 16.3 Å². The van der Waals surface area contributed by atoms with E-state index in [9.17, 15) is 14.4 Å². The lowest BCUT2D eigenvalue weighted by Crippen LogP contribution is -2.32. The summed E-state index contributed by atoms with van der Waals surface area (Å²) in [6.45, 7) is 2.37. The third-order valence-electron chi connectivity index (χ3n) is 5.21. The second-order valence-corrected chi connectivity index (χ2v) is 9.25. The van der Waals surface area contributed by atoms with E-state index in [1.807, 2.05) is 37.3 Å². The van der Waals surface area contributed by atoms with Gasteiger partial charge in [-0.25, -0.2) is 9.69 Å². The standard InChI is InChI=1S/C27H23ClN2O4S/c1-2-3-17-34-27(33)18-9-15-21(16-10-18)30-25(31)23(29-20-13-11-19(28)12-14-20)24(26(30)32)35-22-7-5-4-6-8-22/h4-16,29H,2-3,17H2,1H3. The smallest absolute Gasteiger partial charge is 0.338 e. The molecule has 0 aromatic heterocycles. The number of imide groups is 1. The van der Waals surface area contributed by atoms with Crippen LogP contribution in [0.3, 0.4) is 0 Å². The van der Waals surface area contributed by atoms with E-state index in [-0.39, 0.29) is 10.6 Å². The molecule has 0 atom stereocenters. The average molecular weight is 507 g/mol. The molecular weight excluding hydrogens is 484 g/mol. The number of ether oxygens (including phenoxy) is 1. The van der Waals surface area contributed by atoms with Gasteiger partial charge in [-0.15, -0.1) is 0 Å². The number of amides is 2. The van der Waals surface area contributed by atoms with Gasteiger partial charge in [0.2, 0.25) is 0 Å². The molecule has 0 unspecified atom stereocenters. The summed E-state index contributed by atoms with van der Waals surface area (Å²) in [5.74, 6) is -1.37. The molecule has 4 rings (SSSR count). The quantitative estimate of drug-likeness (QED) is 0.209. The third-order valence-corrected chi connectivity index (χ3v) is 6.55. The van der Waals surface area contributed by atoms with E-state index in [1.165, 1.54) is 11.8 Å². The number of hydrogen-bond acceptors (Lipinski definition) is 6. The molecule has 8 heteroatoms. The van der Waals surface area contributed by atoms with E-state index >= 15 is 0 Å². The van der Waals surface area contributed by atoms with Gasteiger partial charge in [0.1, 0.15) is 10.6 Å². The maximum Gasteiger partial charge on any atom is 0.338 e. The summed E-state index contributed by atoms with van der Waals surface area (Å²) in [7, 11) is 0. The lowest BCUT2D eigenvalue weighted by atomic mass is 10.2. The Hall–Kier alpha value is -3.55. The van der Waals surface area contributed by atoms with Crippen molar-refractivity contribution in [2.45, 2.75) is 24.7 Å². The first-order valence-corrected chi connectivity index (χ1v) is 12.3. The molecule has 0 radical (unpaired) electrons. The largest absolute Gasteiger partial charge is 0.462 e. The Bertz CT molecular complexity index is 1260. The first-order chi connectivity index (χ1) is 17.0. The summed E-state index contributed by atoms with van der Waals surface area (Å²) in [5, 5.41) is 3.65. The number of esters is 1.